The zero-order chi connectivity index (χ0) is 19.3. The van der Waals surface area contributed by atoms with Crippen LogP contribution < -0.4 is 10.6 Å². The largest absolute Gasteiger partial charge is 0.394 e. The van der Waals surface area contributed by atoms with E-state index in [2.05, 4.69) is 10.6 Å². The van der Waals surface area contributed by atoms with Crippen molar-refractivity contribution in [2.75, 3.05) is 23.8 Å². The Morgan fingerprint density at radius 2 is 1.73 bits per heavy atom. The molecule has 1 amide bonds. The molecule has 9 heteroatoms. The zero-order valence-corrected chi connectivity index (χ0v) is 14.8. The molecule has 8 nitrogen and oxygen atoms in total. The van der Waals surface area contributed by atoms with Crippen molar-refractivity contribution in [2.24, 2.45) is 0 Å². The normalized spacial score (nSPS) is 12.5. The Kier molecular flexibility index (Phi) is 6.32. The third-order valence-corrected chi connectivity index (χ3v) is 4.43. The van der Waals surface area contributed by atoms with E-state index in [1.165, 1.54) is 19.1 Å². The molecule has 5 N–H and O–H groups in total. The highest BCUT2D eigenvalue weighted by atomic mass is 32.2. The van der Waals surface area contributed by atoms with E-state index < -0.39 is 22.8 Å². The number of aliphatic hydroxyl groups is 2. The van der Waals surface area contributed by atoms with Gasteiger partial charge in [0, 0.05) is 19.2 Å². The molecule has 2 rings (SSSR count). The average Bonchev–Trinajstić information content (AvgIpc) is 2.59. The van der Waals surface area contributed by atoms with Crippen LogP contribution in [0.5, 0.6) is 0 Å². The van der Waals surface area contributed by atoms with Crippen LogP contribution in [-0.4, -0.2) is 48.3 Å². The van der Waals surface area contributed by atoms with E-state index in [4.69, 9.17) is 5.11 Å². The van der Waals surface area contributed by atoms with Gasteiger partial charge in [-0.05, 0) is 35.4 Å². The number of amides is 1. The molecule has 0 aliphatic rings. The lowest BCUT2D eigenvalue weighted by Gasteiger charge is -2.14. The summed E-state index contributed by atoms with van der Waals surface area (Å²) in [6.45, 7) is 0.836. The van der Waals surface area contributed by atoms with Crippen molar-refractivity contribution in [3.05, 3.63) is 42.5 Å². The molecule has 0 spiro atoms. The van der Waals surface area contributed by atoms with Crippen LogP contribution in [0.4, 0.5) is 11.4 Å². The monoisotopic (exact) mass is 380 g/mol. The first-order valence-electron chi connectivity index (χ1n) is 7.73. The number of carbonyl (C=O) groups excluding carboxylic acids is 1. The van der Waals surface area contributed by atoms with E-state index in [-0.39, 0.29) is 23.0 Å². The van der Waals surface area contributed by atoms with Crippen LogP contribution in [-0.2, 0) is 14.9 Å². The second-order valence-corrected chi connectivity index (χ2v) is 7.05. The van der Waals surface area contributed by atoms with Gasteiger partial charge < -0.3 is 20.8 Å². The maximum Gasteiger partial charge on any atom is 0.296 e. The molecule has 0 aliphatic heterocycles. The van der Waals surface area contributed by atoms with Gasteiger partial charge in [0.15, 0.2) is 0 Å². The topological polar surface area (TPSA) is 136 Å². The van der Waals surface area contributed by atoms with Crippen LogP contribution >= 0.6 is 0 Å². The predicted molar refractivity (Wildman–Crippen MR) is 97.6 cm³/mol. The molecule has 2 aromatic carbocycles. The highest BCUT2D eigenvalue weighted by Crippen LogP contribution is 2.29. The molecule has 2 aromatic rings. The molecule has 0 aromatic heterocycles. The standard InChI is InChI=1S/C17H20N2O6S/c1-11(21)19-14-5-2-12(3-6-14)13-4-7-16(18-9-15(22)10-20)17(8-13)26(23,24)25/h2-8,15,18,20,22H,9-10H2,1H3,(H,19,21)(H,23,24,25). The number of anilines is 2. The van der Waals surface area contributed by atoms with Crippen molar-refractivity contribution in [3.63, 3.8) is 0 Å². The zero-order valence-electron chi connectivity index (χ0n) is 14.0. The van der Waals surface area contributed by atoms with Crippen molar-refractivity contribution < 1.29 is 28.0 Å². The molecule has 0 aliphatic carbocycles. The second kappa shape index (κ2) is 8.28. The fourth-order valence-corrected chi connectivity index (χ4v) is 3.00. The highest BCUT2D eigenvalue weighted by molar-refractivity contribution is 7.86. The predicted octanol–water partition coefficient (Wildman–Crippen LogP) is 1.32. The van der Waals surface area contributed by atoms with Gasteiger partial charge in [0.05, 0.1) is 18.4 Å². The Morgan fingerprint density at radius 1 is 1.12 bits per heavy atom. The minimum absolute atomic E-state index is 0.0796. The Bertz CT molecular complexity index is 881. The fourth-order valence-electron chi connectivity index (χ4n) is 2.30. The van der Waals surface area contributed by atoms with E-state index in [9.17, 15) is 22.9 Å². The first-order valence-corrected chi connectivity index (χ1v) is 9.17. The Morgan fingerprint density at radius 3 is 2.27 bits per heavy atom. The van der Waals surface area contributed by atoms with E-state index in [0.717, 1.165) is 0 Å². The number of rotatable bonds is 7. The van der Waals surface area contributed by atoms with Crippen molar-refractivity contribution in [1.29, 1.82) is 0 Å². The van der Waals surface area contributed by atoms with Crippen molar-refractivity contribution >= 4 is 27.4 Å². The van der Waals surface area contributed by atoms with Crippen LogP contribution in [0.2, 0.25) is 0 Å². The average molecular weight is 380 g/mol. The number of aliphatic hydroxyl groups excluding tert-OH is 2. The molecule has 0 saturated carbocycles. The summed E-state index contributed by atoms with van der Waals surface area (Å²) in [7, 11) is -4.51. The molecule has 0 radical (unpaired) electrons. The Hall–Kier alpha value is -2.46. The molecular weight excluding hydrogens is 360 g/mol. The molecule has 0 saturated heterocycles. The summed E-state index contributed by atoms with van der Waals surface area (Å²) < 4.78 is 32.8. The van der Waals surface area contributed by atoms with E-state index in [1.807, 2.05) is 0 Å². The van der Waals surface area contributed by atoms with Crippen LogP contribution in [0.15, 0.2) is 47.4 Å². The quantitative estimate of drug-likeness (QED) is 0.457. The Balaban J connectivity index is 2.34. The molecule has 0 fully saturated rings. The highest BCUT2D eigenvalue weighted by Gasteiger charge is 2.17. The first-order chi connectivity index (χ1) is 12.2. The van der Waals surface area contributed by atoms with Gasteiger partial charge in [-0.25, -0.2) is 0 Å². The van der Waals surface area contributed by atoms with Gasteiger partial charge in [-0.1, -0.05) is 18.2 Å². The van der Waals surface area contributed by atoms with Crippen LogP contribution in [0.3, 0.4) is 0 Å². The van der Waals surface area contributed by atoms with Gasteiger partial charge in [0.1, 0.15) is 4.90 Å². The van der Waals surface area contributed by atoms with Gasteiger partial charge in [-0.2, -0.15) is 8.42 Å². The van der Waals surface area contributed by atoms with Crippen molar-refractivity contribution in [1.82, 2.24) is 0 Å². The molecule has 26 heavy (non-hydrogen) atoms. The number of benzene rings is 2. The lowest BCUT2D eigenvalue weighted by atomic mass is 10.0. The summed E-state index contributed by atoms with van der Waals surface area (Å²) in [5.74, 6) is -0.202. The molecule has 0 bridgehead atoms. The maximum absolute atomic E-state index is 11.7. The molecule has 0 heterocycles. The van der Waals surface area contributed by atoms with Crippen LogP contribution in [0, 0.1) is 0 Å². The lowest BCUT2D eigenvalue weighted by Crippen LogP contribution is -2.23. The minimum atomic E-state index is -4.51. The maximum atomic E-state index is 11.7. The smallest absolute Gasteiger partial charge is 0.296 e. The molecule has 140 valence electrons. The summed E-state index contributed by atoms with van der Waals surface area (Å²) in [5.41, 5.74) is 1.94. The fraction of sp³-hybridized carbons (Fsp3) is 0.235. The van der Waals surface area contributed by atoms with Gasteiger partial charge in [0.25, 0.3) is 10.1 Å². The lowest BCUT2D eigenvalue weighted by molar-refractivity contribution is -0.114. The number of carbonyl (C=O) groups is 1. The van der Waals surface area contributed by atoms with Crippen LogP contribution in [0.25, 0.3) is 11.1 Å². The summed E-state index contributed by atoms with van der Waals surface area (Å²) in [6.07, 6.45) is -1.06. The first kappa shape index (κ1) is 19.9. The van der Waals surface area contributed by atoms with E-state index >= 15 is 0 Å². The van der Waals surface area contributed by atoms with Gasteiger partial charge in [-0.3, -0.25) is 9.35 Å². The number of hydrogen-bond donors (Lipinski definition) is 5. The van der Waals surface area contributed by atoms with Gasteiger partial charge >= 0.3 is 0 Å². The van der Waals surface area contributed by atoms with Crippen LogP contribution in [0.1, 0.15) is 6.92 Å². The Labute approximate surface area is 151 Å². The van der Waals surface area contributed by atoms with Gasteiger partial charge in [-0.15, -0.1) is 0 Å². The van der Waals surface area contributed by atoms with E-state index in [0.29, 0.717) is 16.8 Å². The number of hydrogen-bond acceptors (Lipinski definition) is 6. The number of nitrogens with one attached hydrogen (secondary N) is 2. The third-order valence-electron chi connectivity index (χ3n) is 3.54. The molecule has 1 unspecified atom stereocenters. The second-order valence-electron chi connectivity index (χ2n) is 5.66. The third kappa shape index (κ3) is 5.27. The minimum Gasteiger partial charge on any atom is -0.394 e. The summed E-state index contributed by atoms with van der Waals surface area (Å²) in [5, 5.41) is 23.5. The SMILES string of the molecule is CC(=O)Nc1ccc(-c2ccc(NCC(O)CO)c(S(=O)(=O)O)c2)cc1. The summed E-state index contributed by atoms with van der Waals surface area (Å²) in [6, 6.07) is 11.2. The molecular formula is C17H20N2O6S. The molecule has 1 atom stereocenters. The van der Waals surface area contributed by atoms with E-state index in [1.54, 1.807) is 30.3 Å². The van der Waals surface area contributed by atoms with Gasteiger partial charge in [0.2, 0.25) is 5.91 Å². The summed E-state index contributed by atoms with van der Waals surface area (Å²) >= 11 is 0. The van der Waals surface area contributed by atoms with Crippen molar-refractivity contribution in [2.45, 2.75) is 17.9 Å². The summed E-state index contributed by atoms with van der Waals surface area (Å²) in [4.78, 5) is 10.7. The van der Waals surface area contributed by atoms with Crippen molar-refractivity contribution in [3.8, 4) is 11.1 Å².